The molecule has 3 aromatic heterocycles. The third-order valence-electron chi connectivity index (χ3n) is 7.57. The van der Waals surface area contributed by atoms with Gasteiger partial charge in [-0.15, -0.1) is 0 Å². The van der Waals surface area contributed by atoms with Gasteiger partial charge in [0.15, 0.2) is 0 Å². The monoisotopic (exact) mass is 559 g/mol. The molecule has 3 nitrogen and oxygen atoms in total. The van der Waals surface area contributed by atoms with Gasteiger partial charge in [-0.2, -0.15) is 0 Å². The molecule has 0 N–H and O–H groups in total. The lowest BCUT2D eigenvalue weighted by molar-refractivity contribution is 0.643. The quantitative estimate of drug-likeness (QED) is 0.195. The van der Waals surface area contributed by atoms with Crippen molar-refractivity contribution < 1.29 is 14.0 Å². The normalized spacial score (nSPS) is 15.5. The van der Waals surface area contributed by atoms with E-state index in [9.17, 15) is 1.37 Å². The van der Waals surface area contributed by atoms with Gasteiger partial charge in [0.05, 0.1) is 11.4 Å². The average Bonchev–Trinajstić information content (AvgIpc) is 3.41. The number of benzene rings is 3. The Morgan fingerprint density at radius 1 is 0.810 bits per heavy atom. The molecular weight excluding hydrogens is 512 g/mol. The van der Waals surface area contributed by atoms with Crippen molar-refractivity contribution in [1.82, 2.24) is 9.97 Å². The van der Waals surface area contributed by atoms with Crippen molar-refractivity contribution in [3.8, 4) is 33.6 Å². The van der Waals surface area contributed by atoms with Gasteiger partial charge in [0.25, 0.3) is 0 Å². The topological polar surface area (TPSA) is 38.9 Å². The molecule has 0 saturated carbocycles. The SMILES string of the molecule is [2H]C([2H])([2H])c1cc(-c2cccc3c2oc2nc(-c4c(C([2H])(C)C)ccc(-c5ccccc5)c4C([2H])(C)C)ccc23)ncc1C([2H])([2H])C(C)C. The Bertz CT molecular complexity index is 2190. The third kappa shape index (κ3) is 5.02. The fourth-order valence-electron chi connectivity index (χ4n) is 5.71. The molecular formula is C39H40N2O. The van der Waals surface area contributed by atoms with E-state index < -0.39 is 30.9 Å². The van der Waals surface area contributed by atoms with Crippen LogP contribution >= 0.6 is 0 Å². The fraction of sp³-hybridized carbons (Fsp3) is 0.282. The maximum absolute atomic E-state index is 9.28. The Balaban J connectivity index is 1.59. The van der Waals surface area contributed by atoms with Crippen LogP contribution in [0.25, 0.3) is 55.7 Å². The molecule has 0 unspecified atom stereocenters. The van der Waals surface area contributed by atoms with E-state index in [2.05, 4.69) is 4.98 Å². The number of para-hydroxylation sites is 1. The summed E-state index contributed by atoms with van der Waals surface area (Å²) < 4.78 is 66.7. The molecule has 0 spiro atoms. The van der Waals surface area contributed by atoms with E-state index in [0.717, 1.165) is 38.6 Å². The van der Waals surface area contributed by atoms with Crippen LogP contribution in [0, 0.1) is 12.8 Å². The largest absolute Gasteiger partial charge is 0.437 e. The number of hydrogen-bond acceptors (Lipinski definition) is 3. The summed E-state index contributed by atoms with van der Waals surface area (Å²) in [6.45, 7) is 8.24. The van der Waals surface area contributed by atoms with Crippen molar-refractivity contribution in [2.75, 3.05) is 0 Å². The average molecular weight is 560 g/mol. The standard InChI is InChI=1S/C39H40N2O/c1-23(2)20-28-22-40-35(21-26(28)7)33-15-11-14-31-32-18-19-34(41-39(32)42-38(31)33)37-29(24(3)4)16-17-30(36(37)25(5)6)27-12-9-8-10-13-27/h8-19,21-25H,20H2,1-7H3/i7D3,20D2,24D,25D. The van der Waals surface area contributed by atoms with Crippen LogP contribution in [0.1, 0.15) is 85.2 Å². The molecule has 212 valence electrons. The number of aryl methyl sites for hydroxylation is 1. The Morgan fingerprint density at radius 3 is 2.33 bits per heavy atom. The fourth-order valence-corrected chi connectivity index (χ4v) is 5.71. The molecule has 42 heavy (non-hydrogen) atoms. The van der Waals surface area contributed by atoms with E-state index in [1.807, 2.05) is 94.4 Å². The zero-order valence-corrected chi connectivity index (χ0v) is 25.0. The van der Waals surface area contributed by atoms with Crippen LogP contribution in [-0.4, -0.2) is 9.97 Å². The summed E-state index contributed by atoms with van der Waals surface area (Å²) >= 11 is 0. The maximum Gasteiger partial charge on any atom is 0.227 e. The van der Waals surface area contributed by atoms with E-state index in [0.29, 0.717) is 28.2 Å². The van der Waals surface area contributed by atoms with Crippen molar-refractivity contribution >= 4 is 22.1 Å². The predicted octanol–water partition coefficient (Wildman–Crippen LogP) is 11.1. The minimum absolute atomic E-state index is 0.0494. The smallest absolute Gasteiger partial charge is 0.227 e. The first-order valence-corrected chi connectivity index (χ1v) is 14.4. The Labute approximate surface area is 259 Å². The molecule has 0 radical (unpaired) electrons. The molecule has 3 aromatic carbocycles. The number of aromatic nitrogens is 2. The lowest BCUT2D eigenvalue weighted by atomic mass is 9.82. The highest BCUT2D eigenvalue weighted by molar-refractivity contribution is 6.08. The number of hydrogen-bond donors (Lipinski definition) is 0. The molecule has 3 heteroatoms. The molecule has 0 amide bonds. The minimum atomic E-state index is -2.56. The highest BCUT2D eigenvalue weighted by Gasteiger charge is 2.22. The van der Waals surface area contributed by atoms with Crippen LogP contribution in [0.5, 0.6) is 0 Å². The highest BCUT2D eigenvalue weighted by atomic mass is 16.3. The lowest BCUT2D eigenvalue weighted by Gasteiger charge is -2.23. The van der Waals surface area contributed by atoms with E-state index in [-0.39, 0.29) is 11.1 Å². The molecule has 6 aromatic rings. The first-order chi connectivity index (χ1) is 22.8. The zero-order valence-electron chi connectivity index (χ0n) is 32.0. The minimum Gasteiger partial charge on any atom is -0.437 e. The molecule has 0 aliphatic carbocycles. The van der Waals surface area contributed by atoms with Gasteiger partial charge >= 0.3 is 0 Å². The van der Waals surface area contributed by atoms with Gasteiger partial charge in [0, 0.05) is 37.7 Å². The summed E-state index contributed by atoms with van der Waals surface area (Å²) in [5.74, 6) is -2.49. The summed E-state index contributed by atoms with van der Waals surface area (Å²) in [4.78, 5) is 9.59. The summed E-state index contributed by atoms with van der Waals surface area (Å²) in [5.41, 5.74) is 6.41. The molecule has 6 rings (SSSR count). The molecule has 0 saturated heterocycles. The van der Waals surface area contributed by atoms with Crippen molar-refractivity contribution in [3.63, 3.8) is 0 Å². The van der Waals surface area contributed by atoms with E-state index in [1.165, 1.54) is 12.3 Å². The molecule has 0 aliphatic heterocycles. The molecule has 0 bridgehead atoms. The second kappa shape index (κ2) is 11.2. The zero-order chi connectivity index (χ0) is 35.7. The summed E-state index contributed by atoms with van der Waals surface area (Å²) in [5, 5.41) is 1.52. The van der Waals surface area contributed by atoms with Gasteiger partial charge in [0.2, 0.25) is 5.71 Å². The maximum atomic E-state index is 9.28. The molecule has 0 aliphatic rings. The first kappa shape index (κ1) is 20.6. The van der Waals surface area contributed by atoms with E-state index >= 15 is 0 Å². The number of furan rings is 1. The molecule has 0 fully saturated rings. The van der Waals surface area contributed by atoms with Crippen molar-refractivity contribution in [1.29, 1.82) is 0 Å². The summed E-state index contributed by atoms with van der Waals surface area (Å²) in [6.07, 6.45) is -0.555. The van der Waals surface area contributed by atoms with Gasteiger partial charge in [-0.05, 0) is 88.6 Å². The number of rotatable bonds is 7. The van der Waals surface area contributed by atoms with E-state index in [1.54, 1.807) is 19.9 Å². The van der Waals surface area contributed by atoms with E-state index in [4.69, 9.17) is 17.6 Å². The second-order valence-corrected chi connectivity index (χ2v) is 11.5. The number of pyridine rings is 2. The van der Waals surface area contributed by atoms with Crippen LogP contribution in [-0.2, 0) is 6.37 Å². The summed E-state index contributed by atoms with van der Waals surface area (Å²) in [6, 6.07) is 24.8. The van der Waals surface area contributed by atoms with Crippen LogP contribution in [0.4, 0.5) is 0 Å². The molecule has 3 heterocycles. The van der Waals surface area contributed by atoms with Gasteiger partial charge < -0.3 is 4.42 Å². The van der Waals surface area contributed by atoms with Crippen LogP contribution < -0.4 is 0 Å². The van der Waals surface area contributed by atoms with Gasteiger partial charge in [0.1, 0.15) is 5.58 Å². The highest BCUT2D eigenvalue weighted by Crippen LogP contribution is 2.43. The molecule has 0 atom stereocenters. The number of fused-ring (bicyclic) bond motifs is 3. The van der Waals surface area contributed by atoms with Crippen molar-refractivity contribution in [2.24, 2.45) is 5.92 Å². The predicted molar refractivity (Wildman–Crippen MR) is 177 cm³/mol. The van der Waals surface area contributed by atoms with Gasteiger partial charge in [-0.3, -0.25) is 4.98 Å². The lowest BCUT2D eigenvalue weighted by Crippen LogP contribution is -2.03. The third-order valence-corrected chi connectivity index (χ3v) is 7.57. The second-order valence-electron chi connectivity index (χ2n) is 11.5. The van der Waals surface area contributed by atoms with Crippen molar-refractivity contribution in [2.45, 2.75) is 66.6 Å². The van der Waals surface area contributed by atoms with Gasteiger partial charge in [-0.1, -0.05) is 96.1 Å². The Hall–Kier alpha value is -4.24. The van der Waals surface area contributed by atoms with Crippen LogP contribution in [0.3, 0.4) is 0 Å². The Kier molecular flexibility index (Phi) is 5.50. The summed E-state index contributed by atoms with van der Waals surface area (Å²) in [7, 11) is 0. The Morgan fingerprint density at radius 2 is 1.62 bits per heavy atom. The van der Waals surface area contributed by atoms with Crippen LogP contribution in [0.15, 0.2) is 89.5 Å². The van der Waals surface area contributed by atoms with Gasteiger partial charge in [-0.25, -0.2) is 4.98 Å². The number of nitrogens with zero attached hydrogens (tertiary/aromatic N) is 2. The first-order valence-electron chi connectivity index (χ1n) is 17.9. The van der Waals surface area contributed by atoms with Crippen LogP contribution in [0.2, 0.25) is 0 Å². The van der Waals surface area contributed by atoms with Crippen molar-refractivity contribution in [3.05, 3.63) is 107 Å².